The van der Waals surface area contributed by atoms with Crippen LogP contribution < -0.4 is 5.32 Å². The van der Waals surface area contributed by atoms with Crippen LogP contribution in [0.5, 0.6) is 0 Å². The Morgan fingerprint density at radius 2 is 2.24 bits per heavy atom. The average Bonchev–Trinajstić information content (AvgIpc) is 2.86. The molecule has 2 aromatic rings. The topological polar surface area (TPSA) is 42.7 Å². The minimum atomic E-state index is 0.0964. The molecule has 0 fully saturated rings. The van der Waals surface area contributed by atoms with Crippen molar-refractivity contribution < 1.29 is 0 Å². The van der Waals surface area contributed by atoms with E-state index in [1.54, 1.807) is 17.7 Å². The molecule has 0 bridgehead atoms. The Morgan fingerprint density at radius 3 is 2.88 bits per heavy atom. The van der Waals surface area contributed by atoms with Gasteiger partial charge in [-0.05, 0) is 32.2 Å². The quantitative estimate of drug-likeness (QED) is 0.905. The van der Waals surface area contributed by atoms with E-state index in [-0.39, 0.29) is 5.54 Å². The molecule has 0 aliphatic rings. The van der Waals surface area contributed by atoms with E-state index in [0.717, 1.165) is 12.4 Å². The molecule has 0 saturated heterocycles. The predicted octanol–water partition coefficient (Wildman–Crippen LogP) is 2.28. The molecule has 0 atom stereocenters. The lowest BCUT2D eigenvalue weighted by molar-refractivity contribution is 0.417. The standard InChI is InChI=1S/C12H18N4S/c1-12(2,3)14-7-11-13-9-16(15-11)8-10-5-4-6-17-10/h4-6,9,14H,7-8H2,1-3H3. The third-order valence-electron chi connectivity index (χ3n) is 2.26. The highest BCUT2D eigenvalue weighted by molar-refractivity contribution is 7.09. The summed E-state index contributed by atoms with van der Waals surface area (Å²) < 4.78 is 1.88. The molecule has 0 spiro atoms. The number of nitrogens with one attached hydrogen (secondary N) is 1. The molecule has 0 aliphatic heterocycles. The van der Waals surface area contributed by atoms with Gasteiger partial charge in [0.25, 0.3) is 0 Å². The van der Waals surface area contributed by atoms with Crippen molar-refractivity contribution >= 4 is 11.3 Å². The molecule has 92 valence electrons. The summed E-state index contributed by atoms with van der Waals surface area (Å²) in [6.45, 7) is 7.92. The van der Waals surface area contributed by atoms with Crippen molar-refractivity contribution in [3.8, 4) is 0 Å². The number of thiophene rings is 1. The zero-order valence-corrected chi connectivity index (χ0v) is 11.3. The summed E-state index contributed by atoms with van der Waals surface area (Å²) in [5.41, 5.74) is 0.0964. The van der Waals surface area contributed by atoms with Crippen molar-refractivity contribution in [1.82, 2.24) is 20.1 Å². The lowest BCUT2D eigenvalue weighted by Gasteiger charge is -2.19. The van der Waals surface area contributed by atoms with Gasteiger partial charge in [0.2, 0.25) is 0 Å². The van der Waals surface area contributed by atoms with Crippen LogP contribution in [-0.4, -0.2) is 20.3 Å². The molecule has 2 aromatic heterocycles. The average molecular weight is 250 g/mol. The van der Waals surface area contributed by atoms with Crippen LogP contribution in [0.25, 0.3) is 0 Å². The summed E-state index contributed by atoms with van der Waals surface area (Å²) in [6, 6.07) is 4.17. The lowest BCUT2D eigenvalue weighted by Crippen LogP contribution is -2.35. The predicted molar refractivity (Wildman–Crippen MR) is 70.0 cm³/mol. The van der Waals surface area contributed by atoms with Gasteiger partial charge in [0.05, 0.1) is 13.1 Å². The van der Waals surface area contributed by atoms with E-state index >= 15 is 0 Å². The number of hydrogen-bond acceptors (Lipinski definition) is 4. The van der Waals surface area contributed by atoms with E-state index in [9.17, 15) is 0 Å². The molecule has 2 heterocycles. The number of rotatable bonds is 4. The molecule has 0 aliphatic carbocycles. The van der Waals surface area contributed by atoms with Crippen molar-refractivity contribution in [2.75, 3.05) is 0 Å². The third-order valence-corrected chi connectivity index (χ3v) is 3.12. The molecule has 5 heteroatoms. The molecular weight excluding hydrogens is 232 g/mol. The SMILES string of the molecule is CC(C)(C)NCc1ncn(Cc2cccs2)n1. The first-order valence-corrected chi connectivity index (χ1v) is 6.57. The normalized spacial score (nSPS) is 11.9. The summed E-state index contributed by atoms with van der Waals surface area (Å²) in [6.07, 6.45) is 1.79. The fraction of sp³-hybridized carbons (Fsp3) is 0.500. The maximum atomic E-state index is 4.44. The summed E-state index contributed by atoms with van der Waals surface area (Å²) in [5, 5.41) is 9.89. The maximum Gasteiger partial charge on any atom is 0.164 e. The van der Waals surface area contributed by atoms with Gasteiger partial charge in [0.15, 0.2) is 5.82 Å². The van der Waals surface area contributed by atoms with Gasteiger partial charge in [0.1, 0.15) is 6.33 Å². The first kappa shape index (κ1) is 12.3. The molecule has 0 radical (unpaired) electrons. The third kappa shape index (κ3) is 3.94. The van der Waals surface area contributed by atoms with Gasteiger partial charge in [-0.25, -0.2) is 9.67 Å². The van der Waals surface area contributed by atoms with Crippen molar-refractivity contribution in [3.05, 3.63) is 34.5 Å². The zero-order chi connectivity index (χ0) is 12.3. The van der Waals surface area contributed by atoms with Crippen molar-refractivity contribution in [3.63, 3.8) is 0 Å². The fourth-order valence-electron chi connectivity index (χ4n) is 1.40. The number of hydrogen-bond donors (Lipinski definition) is 1. The van der Waals surface area contributed by atoms with Crippen LogP contribution in [0.1, 0.15) is 31.5 Å². The minimum absolute atomic E-state index is 0.0964. The smallest absolute Gasteiger partial charge is 0.164 e. The zero-order valence-electron chi connectivity index (χ0n) is 10.5. The Hall–Kier alpha value is -1.20. The Labute approximate surface area is 106 Å². The van der Waals surface area contributed by atoms with Crippen LogP contribution in [0.15, 0.2) is 23.8 Å². The number of nitrogens with zero attached hydrogens (tertiary/aromatic N) is 3. The largest absolute Gasteiger partial charge is 0.305 e. The van der Waals surface area contributed by atoms with Gasteiger partial charge in [-0.2, -0.15) is 5.10 Å². The van der Waals surface area contributed by atoms with Crippen LogP contribution in [0.4, 0.5) is 0 Å². The molecule has 0 unspecified atom stereocenters. The van der Waals surface area contributed by atoms with Gasteiger partial charge >= 0.3 is 0 Å². The van der Waals surface area contributed by atoms with Crippen LogP contribution in [0.2, 0.25) is 0 Å². The van der Waals surface area contributed by atoms with E-state index < -0.39 is 0 Å². The first-order valence-electron chi connectivity index (χ1n) is 5.69. The van der Waals surface area contributed by atoms with Crippen molar-refractivity contribution in [1.29, 1.82) is 0 Å². The molecule has 0 amide bonds. The fourth-order valence-corrected chi connectivity index (χ4v) is 2.09. The maximum absolute atomic E-state index is 4.44. The van der Waals surface area contributed by atoms with Crippen LogP contribution >= 0.6 is 11.3 Å². The van der Waals surface area contributed by atoms with Gasteiger partial charge in [0, 0.05) is 10.4 Å². The van der Waals surface area contributed by atoms with Crippen molar-refractivity contribution in [2.24, 2.45) is 0 Å². The molecule has 0 saturated carbocycles. The molecule has 0 aromatic carbocycles. The van der Waals surface area contributed by atoms with Crippen LogP contribution in [0, 0.1) is 0 Å². The Bertz CT molecular complexity index is 453. The van der Waals surface area contributed by atoms with Crippen LogP contribution in [-0.2, 0) is 13.1 Å². The van der Waals surface area contributed by atoms with Gasteiger partial charge in [-0.1, -0.05) is 6.07 Å². The summed E-state index contributed by atoms with van der Waals surface area (Å²) in [7, 11) is 0. The summed E-state index contributed by atoms with van der Waals surface area (Å²) in [5.74, 6) is 0.844. The van der Waals surface area contributed by atoms with E-state index in [1.807, 2.05) is 4.68 Å². The first-order chi connectivity index (χ1) is 8.03. The van der Waals surface area contributed by atoms with E-state index in [4.69, 9.17) is 0 Å². The molecule has 17 heavy (non-hydrogen) atoms. The Morgan fingerprint density at radius 1 is 1.41 bits per heavy atom. The summed E-state index contributed by atoms with van der Waals surface area (Å²) >= 11 is 1.74. The highest BCUT2D eigenvalue weighted by Gasteiger charge is 2.10. The highest BCUT2D eigenvalue weighted by atomic mass is 32.1. The minimum Gasteiger partial charge on any atom is -0.305 e. The monoisotopic (exact) mass is 250 g/mol. The molecule has 4 nitrogen and oxygen atoms in total. The number of aromatic nitrogens is 3. The second-order valence-electron chi connectivity index (χ2n) is 5.04. The van der Waals surface area contributed by atoms with Crippen molar-refractivity contribution in [2.45, 2.75) is 39.4 Å². The summed E-state index contributed by atoms with van der Waals surface area (Å²) in [4.78, 5) is 5.59. The van der Waals surface area contributed by atoms with Gasteiger partial charge < -0.3 is 5.32 Å². The van der Waals surface area contributed by atoms with Gasteiger partial charge in [-0.3, -0.25) is 0 Å². The second-order valence-corrected chi connectivity index (χ2v) is 6.07. The Kier molecular flexibility index (Phi) is 3.59. The molecule has 2 rings (SSSR count). The molecular formula is C12H18N4S. The van der Waals surface area contributed by atoms with E-state index in [0.29, 0.717) is 6.54 Å². The Balaban J connectivity index is 1.92. The van der Waals surface area contributed by atoms with Crippen LogP contribution in [0.3, 0.4) is 0 Å². The lowest BCUT2D eigenvalue weighted by atomic mass is 10.1. The highest BCUT2D eigenvalue weighted by Crippen LogP contribution is 2.09. The second kappa shape index (κ2) is 4.98. The van der Waals surface area contributed by atoms with E-state index in [1.165, 1.54) is 4.88 Å². The molecule has 1 N–H and O–H groups in total. The van der Waals surface area contributed by atoms with Gasteiger partial charge in [-0.15, -0.1) is 11.3 Å². The van der Waals surface area contributed by atoms with E-state index in [2.05, 4.69) is 53.7 Å².